The molecule has 5 aromatic heterocycles. The third-order valence-electron chi connectivity index (χ3n) is 25.8. The van der Waals surface area contributed by atoms with Crippen LogP contribution in [0.2, 0.25) is 0 Å². The zero-order chi connectivity index (χ0) is 84.8. The van der Waals surface area contributed by atoms with E-state index in [-0.39, 0.29) is 29.6 Å². The van der Waals surface area contributed by atoms with Gasteiger partial charge in [0.2, 0.25) is 0 Å². The number of ether oxygens (including phenoxy) is 5. The monoisotopic (exact) mass is 1650 g/mol. The Hall–Kier alpha value is -7.10. The molecule has 5 unspecified atom stereocenters. The van der Waals surface area contributed by atoms with Crippen molar-refractivity contribution in [3.05, 3.63) is 145 Å². The number of nitrogens with zero attached hydrogens (tertiary/aromatic N) is 5. The maximum absolute atomic E-state index is 11.0. The van der Waals surface area contributed by atoms with Gasteiger partial charge in [0.25, 0.3) is 0 Å². The Morgan fingerprint density at radius 3 is 0.916 bits per heavy atom. The summed E-state index contributed by atoms with van der Waals surface area (Å²) < 4.78 is 28.5. The number of hydrogen-bond donors (Lipinski definition) is 5. The summed E-state index contributed by atoms with van der Waals surface area (Å²) in [4.78, 5) is 78.8. The normalized spacial score (nSPS) is 18.7. The molecule has 0 saturated heterocycles. The molecular formula is C99H149N5O15. The molecule has 12 rings (SSSR count). The first-order valence-corrected chi connectivity index (χ1v) is 46.9. The van der Waals surface area contributed by atoms with Gasteiger partial charge in [0, 0.05) is 110 Å². The summed E-state index contributed by atoms with van der Waals surface area (Å²) in [6, 6.07) is 22.2. The molecule has 0 amide bonds. The summed E-state index contributed by atoms with van der Waals surface area (Å²) in [5.74, 6) is -3.20. The first kappa shape index (κ1) is 97.3. The molecule has 0 spiro atoms. The summed E-state index contributed by atoms with van der Waals surface area (Å²) in [5.41, 5.74) is 19.8. The Bertz CT molecular complexity index is 3460. The van der Waals surface area contributed by atoms with Gasteiger partial charge in [-0.25, -0.2) is 0 Å². The highest BCUT2D eigenvalue weighted by molar-refractivity contribution is 5.71. The highest BCUT2D eigenvalue weighted by Crippen LogP contribution is 2.36. The minimum Gasteiger partial charge on any atom is -0.481 e. The molecule has 0 aromatic carbocycles. The van der Waals surface area contributed by atoms with E-state index in [0.717, 1.165) is 159 Å². The lowest BCUT2D eigenvalue weighted by atomic mass is 9.79. The number of aryl methyl sites for hydroxylation is 14. The van der Waals surface area contributed by atoms with E-state index in [1.807, 2.05) is 34.6 Å². The van der Waals surface area contributed by atoms with E-state index in [9.17, 15) is 24.0 Å². The number of unbranched alkanes of at least 4 members (excludes halogenated alkanes) is 2. The predicted molar refractivity (Wildman–Crippen MR) is 467 cm³/mol. The number of rotatable bonds is 48. The first-order chi connectivity index (χ1) is 57.9. The highest BCUT2D eigenvalue weighted by Gasteiger charge is 2.32. The number of aliphatic carboxylic acids is 5. The minimum atomic E-state index is -0.713. The van der Waals surface area contributed by atoms with Crippen LogP contribution >= 0.6 is 0 Å². The van der Waals surface area contributed by atoms with Crippen molar-refractivity contribution >= 4 is 29.8 Å². The number of carbonyl (C=O) groups is 5. The second-order valence-corrected chi connectivity index (χ2v) is 34.7. The smallest absolute Gasteiger partial charge is 0.306 e. The summed E-state index contributed by atoms with van der Waals surface area (Å²) in [5, 5.41) is 45.0. The zero-order valence-corrected chi connectivity index (χ0v) is 73.4. The van der Waals surface area contributed by atoms with Crippen LogP contribution in [0.1, 0.15) is 325 Å². The standard InChI is InChI=1S/2C21H31NO3.3C19H29NO3/c2*1-2-16(21(23)24)11-12-25-19-13-15(14-19)7-9-18-10-8-17-5-3-4-6-20(17)22-18;1-2-15(19(21)22)8-5-13-23-14-6-9-17-12-11-16-7-3-4-10-18(16)20-17;1-2-15(19(21)22)7-5-6-13-23-14-12-17-11-10-16-8-3-4-9-18(16)20-17;1-2-15(19(21)22)12-14-23-13-6-5-8-17-11-10-16-7-3-4-9-18(16)20-17/h2*8,10,15-16,19H,2-7,9,11-14H2,1H3,(H,23,24);11-12,15H,2-10,13-14H2,1H3,(H,21,22);2*10-11,15H,2-9,12-14H2,1H3,(H,21,22). The van der Waals surface area contributed by atoms with Gasteiger partial charge in [-0.15, -0.1) is 0 Å². The quantitative estimate of drug-likeness (QED) is 0.0226. The number of hydrogen-bond acceptors (Lipinski definition) is 15. The van der Waals surface area contributed by atoms with Crippen molar-refractivity contribution in [1.82, 2.24) is 24.9 Å². The summed E-state index contributed by atoms with van der Waals surface area (Å²) in [7, 11) is 0. The second-order valence-electron chi connectivity index (χ2n) is 34.7. The largest absolute Gasteiger partial charge is 0.481 e. The molecule has 20 nitrogen and oxygen atoms in total. The number of carboxylic acids is 5. The van der Waals surface area contributed by atoms with Gasteiger partial charge in [0.1, 0.15) is 0 Å². The Morgan fingerprint density at radius 2 is 0.563 bits per heavy atom. The minimum absolute atomic E-state index is 0.199. The predicted octanol–water partition coefficient (Wildman–Crippen LogP) is 19.8. The number of carboxylic acid groups (broad SMARTS) is 5. The lowest BCUT2D eigenvalue weighted by molar-refractivity contribution is -0.144. The van der Waals surface area contributed by atoms with E-state index in [1.54, 1.807) is 0 Å². The van der Waals surface area contributed by atoms with Gasteiger partial charge in [-0.2, -0.15) is 0 Å². The van der Waals surface area contributed by atoms with Crippen LogP contribution in [0, 0.1) is 41.4 Å². The van der Waals surface area contributed by atoms with Crippen LogP contribution in [0.5, 0.6) is 0 Å². The lowest BCUT2D eigenvalue weighted by Crippen LogP contribution is -2.32. The van der Waals surface area contributed by atoms with Gasteiger partial charge >= 0.3 is 29.8 Å². The molecule has 660 valence electrons. The SMILES string of the molecule is CCC(CCCCOCCc1ccc2c(n1)CCCC2)C(=O)O.CCC(CCCOCCCc1ccc2c(n1)CCCC2)C(=O)O.CCC(CCOC1CC(CCc2ccc3c(n2)CCCC3)C1)C(=O)O.CCC(CCOC1CC(CCc2ccc3c(n2)CCCC3)C1)C(=O)O.CCC(CCOCCCCc1ccc2c(n1)CCCC2)C(=O)O. The Balaban J connectivity index is 0.000000185. The Kier molecular flexibility index (Phi) is 45.7. The van der Waals surface area contributed by atoms with Crippen LogP contribution in [0.15, 0.2) is 60.7 Å². The Labute approximate surface area is 712 Å². The molecule has 119 heavy (non-hydrogen) atoms. The molecule has 0 bridgehead atoms. The van der Waals surface area contributed by atoms with Gasteiger partial charge in [-0.3, -0.25) is 48.9 Å². The van der Waals surface area contributed by atoms with Crippen LogP contribution in [0.3, 0.4) is 0 Å². The highest BCUT2D eigenvalue weighted by atomic mass is 16.5. The molecular weight excluding hydrogens is 1500 g/mol. The van der Waals surface area contributed by atoms with Gasteiger partial charge in [-0.1, -0.05) is 71.4 Å². The van der Waals surface area contributed by atoms with Crippen molar-refractivity contribution in [3.8, 4) is 0 Å². The van der Waals surface area contributed by atoms with Gasteiger partial charge in [0.15, 0.2) is 0 Å². The molecule has 7 aliphatic carbocycles. The second kappa shape index (κ2) is 55.8. The average molecular weight is 1650 g/mol. The van der Waals surface area contributed by atoms with E-state index >= 15 is 0 Å². The third-order valence-corrected chi connectivity index (χ3v) is 25.8. The van der Waals surface area contributed by atoms with E-state index in [1.165, 1.54) is 188 Å². The maximum Gasteiger partial charge on any atom is 0.306 e. The van der Waals surface area contributed by atoms with Gasteiger partial charge in [0.05, 0.1) is 48.4 Å². The van der Waals surface area contributed by atoms with E-state index in [0.29, 0.717) is 116 Å². The summed E-state index contributed by atoms with van der Waals surface area (Å²) in [6.07, 6.45) is 49.5. The van der Waals surface area contributed by atoms with Crippen LogP contribution in [-0.4, -0.2) is 145 Å². The first-order valence-electron chi connectivity index (χ1n) is 46.9. The zero-order valence-electron chi connectivity index (χ0n) is 73.4. The van der Waals surface area contributed by atoms with Crippen molar-refractivity contribution in [2.24, 2.45) is 41.4 Å². The van der Waals surface area contributed by atoms with Crippen molar-refractivity contribution in [1.29, 1.82) is 0 Å². The number of aromatic nitrogens is 5. The van der Waals surface area contributed by atoms with Crippen molar-refractivity contribution in [3.63, 3.8) is 0 Å². The van der Waals surface area contributed by atoms with Crippen molar-refractivity contribution in [2.75, 3.05) is 52.9 Å². The molecule has 5 heterocycles. The van der Waals surface area contributed by atoms with Gasteiger partial charge in [-0.05, 0) is 359 Å². The van der Waals surface area contributed by atoms with Crippen LogP contribution in [0.4, 0.5) is 0 Å². The number of pyridine rings is 5. The molecule has 7 aliphatic rings. The fraction of sp³-hybridized carbons (Fsp3) is 0.697. The van der Waals surface area contributed by atoms with E-state index in [4.69, 9.17) is 74.1 Å². The fourth-order valence-corrected chi connectivity index (χ4v) is 17.5. The van der Waals surface area contributed by atoms with E-state index in [2.05, 4.69) is 60.7 Å². The molecule has 20 heteroatoms. The summed E-state index contributed by atoms with van der Waals surface area (Å²) in [6.45, 7) is 14.8. The van der Waals surface area contributed by atoms with Crippen LogP contribution < -0.4 is 0 Å². The summed E-state index contributed by atoms with van der Waals surface area (Å²) >= 11 is 0. The van der Waals surface area contributed by atoms with Gasteiger partial charge < -0.3 is 49.2 Å². The van der Waals surface area contributed by atoms with E-state index < -0.39 is 29.8 Å². The molecule has 0 radical (unpaired) electrons. The van der Waals surface area contributed by atoms with Crippen molar-refractivity contribution in [2.45, 2.75) is 349 Å². The molecule has 5 atom stereocenters. The molecule has 0 aliphatic heterocycles. The maximum atomic E-state index is 11.0. The third kappa shape index (κ3) is 36.1. The van der Waals surface area contributed by atoms with Crippen molar-refractivity contribution < 1.29 is 73.2 Å². The topological polar surface area (TPSA) is 297 Å². The number of fused-ring (bicyclic) bond motifs is 5. The average Bonchev–Trinajstić information content (AvgIpc) is 0.815. The Morgan fingerprint density at radius 1 is 0.294 bits per heavy atom. The molecule has 2 saturated carbocycles. The molecule has 2 fully saturated rings. The molecule has 5 aromatic rings. The fourth-order valence-electron chi connectivity index (χ4n) is 17.5. The van der Waals surface area contributed by atoms with Crippen LogP contribution in [-0.2, 0) is 144 Å². The lowest BCUT2D eigenvalue weighted by Gasteiger charge is -2.35. The molecule has 5 N–H and O–H groups in total. The van der Waals surface area contributed by atoms with Crippen LogP contribution in [0.25, 0.3) is 0 Å².